The lowest BCUT2D eigenvalue weighted by atomic mass is 10.0. The fourth-order valence-electron chi connectivity index (χ4n) is 2.47. The van der Waals surface area contributed by atoms with Crippen LogP contribution in [0.5, 0.6) is 0 Å². The highest BCUT2D eigenvalue weighted by molar-refractivity contribution is 6.30. The summed E-state index contributed by atoms with van der Waals surface area (Å²) in [5.74, 6) is 0. The molecule has 19 heavy (non-hydrogen) atoms. The van der Waals surface area contributed by atoms with Gasteiger partial charge in [-0.25, -0.2) is 0 Å². The lowest BCUT2D eigenvalue weighted by Gasteiger charge is -2.04. The van der Waals surface area contributed by atoms with Crippen LogP contribution in [-0.2, 0) is 6.42 Å². The van der Waals surface area contributed by atoms with E-state index in [1.165, 1.54) is 10.9 Å². The van der Waals surface area contributed by atoms with Crippen LogP contribution in [0.3, 0.4) is 0 Å². The van der Waals surface area contributed by atoms with Gasteiger partial charge in [-0.2, -0.15) is 0 Å². The van der Waals surface area contributed by atoms with E-state index in [4.69, 9.17) is 17.3 Å². The minimum atomic E-state index is 0.641. The zero-order chi connectivity index (χ0) is 13.2. The van der Waals surface area contributed by atoms with Crippen molar-refractivity contribution in [2.75, 3.05) is 6.54 Å². The van der Waals surface area contributed by atoms with Crippen molar-refractivity contribution in [1.82, 2.24) is 4.98 Å². The first-order valence-electron chi connectivity index (χ1n) is 6.35. The van der Waals surface area contributed by atoms with E-state index in [2.05, 4.69) is 23.2 Å². The number of benzene rings is 2. The number of aromatic nitrogens is 1. The molecule has 2 aromatic carbocycles. The molecule has 0 saturated carbocycles. The van der Waals surface area contributed by atoms with Gasteiger partial charge >= 0.3 is 0 Å². The Morgan fingerprint density at radius 3 is 2.47 bits per heavy atom. The topological polar surface area (TPSA) is 41.8 Å². The van der Waals surface area contributed by atoms with Crippen LogP contribution in [0.4, 0.5) is 0 Å². The summed E-state index contributed by atoms with van der Waals surface area (Å²) in [6.07, 6.45) is 0.863. The number of nitrogens with two attached hydrogens (primary N) is 1. The van der Waals surface area contributed by atoms with E-state index in [-0.39, 0.29) is 0 Å². The molecule has 0 spiro atoms. The lowest BCUT2D eigenvalue weighted by molar-refractivity contribution is 0.978. The number of aromatic amines is 1. The van der Waals surface area contributed by atoms with Crippen molar-refractivity contribution in [3.8, 4) is 11.3 Å². The number of para-hydroxylation sites is 1. The van der Waals surface area contributed by atoms with Crippen LogP contribution in [-0.4, -0.2) is 11.5 Å². The van der Waals surface area contributed by atoms with Crippen molar-refractivity contribution in [2.45, 2.75) is 6.42 Å². The van der Waals surface area contributed by atoms with Crippen molar-refractivity contribution in [3.63, 3.8) is 0 Å². The summed E-state index contributed by atoms with van der Waals surface area (Å²) < 4.78 is 0. The van der Waals surface area contributed by atoms with Gasteiger partial charge in [0.2, 0.25) is 0 Å². The van der Waals surface area contributed by atoms with Crippen LogP contribution >= 0.6 is 11.6 Å². The highest BCUT2D eigenvalue weighted by Crippen LogP contribution is 2.31. The van der Waals surface area contributed by atoms with Gasteiger partial charge in [-0.05, 0) is 42.3 Å². The zero-order valence-electron chi connectivity index (χ0n) is 10.5. The van der Waals surface area contributed by atoms with Gasteiger partial charge in [-0.15, -0.1) is 0 Å². The fraction of sp³-hybridized carbons (Fsp3) is 0.125. The molecule has 0 saturated heterocycles. The SMILES string of the molecule is NCCc1c(-c2ccc(Cl)cc2)[nH]c2ccccc12. The molecule has 0 fully saturated rings. The molecule has 0 radical (unpaired) electrons. The van der Waals surface area contributed by atoms with Gasteiger partial charge in [0.15, 0.2) is 0 Å². The maximum atomic E-state index is 5.95. The molecule has 1 heterocycles. The van der Waals surface area contributed by atoms with Crippen LogP contribution in [0.25, 0.3) is 22.2 Å². The van der Waals surface area contributed by atoms with Crippen molar-refractivity contribution < 1.29 is 0 Å². The minimum absolute atomic E-state index is 0.641. The number of rotatable bonds is 3. The van der Waals surface area contributed by atoms with E-state index in [0.29, 0.717) is 6.54 Å². The molecular weight excluding hydrogens is 256 g/mol. The lowest BCUT2D eigenvalue weighted by Crippen LogP contribution is -2.03. The smallest absolute Gasteiger partial charge is 0.0497 e. The predicted octanol–water partition coefficient (Wildman–Crippen LogP) is 3.99. The summed E-state index contributed by atoms with van der Waals surface area (Å²) >= 11 is 5.95. The molecule has 0 amide bonds. The second kappa shape index (κ2) is 5.08. The van der Waals surface area contributed by atoms with Crippen molar-refractivity contribution in [1.29, 1.82) is 0 Å². The van der Waals surface area contributed by atoms with Gasteiger partial charge in [0.25, 0.3) is 0 Å². The third kappa shape index (κ3) is 2.25. The van der Waals surface area contributed by atoms with Crippen LogP contribution in [0.15, 0.2) is 48.5 Å². The third-order valence-electron chi connectivity index (χ3n) is 3.34. The molecule has 3 heteroatoms. The van der Waals surface area contributed by atoms with E-state index in [1.807, 2.05) is 30.3 Å². The first-order valence-corrected chi connectivity index (χ1v) is 6.73. The second-order valence-electron chi connectivity index (χ2n) is 4.57. The van der Waals surface area contributed by atoms with E-state index < -0.39 is 0 Å². The quantitative estimate of drug-likeness (QED) is 0.742. The average molecular weight is 271 g/mol. The summed E-state index contributed by atoms with van der Waals surface area (Å²) in [7, 11) is 0. The number of hydrogen-bond acceptors (Lipinski definition) is 1. The van der Waals surface area contributed by atoms with E-state index in [9.17, 15) is 0 Å². The van der Waals surface area contributed by atoms with Gasteiger partial charge < -0.3 is 10.7 Å². The van der Waals surface area contributed by atoms with Crippen LogP contribution in [0.2, 0.25) is 5.02 Å². The molecule has 3 N–H and O–H groups in total. The summed E-state index contributed by atoms with van der Waals surface area (Å²) in [6.45, 7) is 0.641. The summed E-state index contributed by atoms with van der Waals surface area (Å²) in [5.41, 5.74) is 10.5. The molecule has 0 aliphatic heterocycles. The Hall–Kier alpha value is -1.77. The maximum Gasteiger partial charge on any atom is 0.0497 e. The van der Waals surface area contributed by atoms with Gasteiger partial charge in [-0.3, -0.25) is 0 Å². The third-order valence-corrected chi connectivity index (χ3v) is 3.59. The number of H-pyrrole nitrogens is 1. The fourth-order valence-corrected chi connectivity index (χ4v) is 2.59. The van der Waals surface area contributed by atoms with Crippen molar-refractivity contribution in [3.05, 3.63) is 59.1 Å². The standard InChI is InChI=1S/C16H15ClN2/c17-12-7-5-11(6-8-12)16-14(9-10-18)13-3-1-2-4-15(13)19-16/h1-8,19H,9-10,18H2. The first-order chi connectivity index (χ1) is 9.29. The Balaban J connectivity index is 2.21. The zero-order valence-corrected chi connectivity index (χ0v) is 11.2. The highest BCUT2D eigenvalue weighted by atomic mass is 35.5. The van der Waals surface area contributed by atoms with Gasteiger partial charge in [0.1, 0.15) is 0 Å². The number of halogens is 1. The molecule has 0 unspecified atom stereocenters. The van der Waals surface area contributed by atoms with Crippen molar-refractivity contribution >= 4 is 22.5 Å². The summed E-state index contributed by atoms with van der Waals surface area (Å²) in [4.78, 5) is 3.49. The highest BCUT2D eigenvalue weighted by Gasteiger charge is 2.11. The molecule has 0 aliphatic rings. The van der Waals surface area contributed by atoms with E-state index in [1.54, 1.807) is 0 Å². The average Bonchev–Trinajstić information content (AvgIpc) is 2.79. The maximum absolute atomic E-state index is 5.95. The Kier molecular flexibility index (Phi) is 3.28. The molecule has 3 aromatic rings. The first kappa shape index (κ1) is 12.3. The minimum Gasteiger partial charge on any atom is -0.354 e. The number of hydrogen-bond donors (Lipinski definition) is 2. The summed E-state index contributed by atoms with van der Waals surface area (Å²) in [5, 5.41) is 2.00. The largest absolute Gasteiger partial charge is 0.354 e. The molecule has 0 aliphatic carbocycles. The Bertz CT molecular complexity index is 698. The number of fused-ring (bicyclic) bond motifs is 1. The van der Waals surface area contributed by atoms with Gasteiger partial charge in [-0.1, -0.05) is 41.9 Å². The second-order valence-corrected chi connectivity index (χ2v) is 5.01. The normalized spacial score (nSPS) is 11.1. The Morgan fingerprint density at radius 1 is 1.00 bits per heavy atom. The van der Waals surface area contributed by atoms with Crippen LogP contribution in [0.1, 0.15) is 5.56 Å². The summed E-state index contributed by atoms with van der Waals surface area (Å²) in [6, 6.07) is 16.2. The Morgan fingerprint density at radius 2 is 1.74 bits per heavy atom. The van der Waals surface area contributed by atoms with E-state index >= 15 is 0 Å². The van der Waals surface area contributed by atoms with Gasteiger partial charge in [0, 0.05) is 21.6 Å². The monoisotopic (exact) mass is 270 g/mol. The van der Waals surface area contributed by atoms with Crippen molar-refractivity contribution in [2.24, 2.45) is 5.73 Å². The van der Waals surface area contributed by atoms with Gasteiger partial charge in [0.05, 0.1) is 0 Å². The Labute approximate surface area is 117 Å². The van der Waals surface area contributed by atoms with Crippen LogP contribution < -0.4 is 5.73 Å². The molecule has 0 atom stereocenters. The number of nitrogens with one attached hydrogen (secondary N) is 1. The molecule has 0 bridgehead atoms. The predicted molar refractivity (Wildman–Crippen MR) is 81.5 cm³/mol. The van der Waals surface area contributed by atoms with Crippen LogP contribution in [0, 0.1) is 0 Å². The molecule has 96 valence electrons. The molecule has 2 nitrogen and oxygen atoms in total. The van der Waals surface area contributed by atoms with E-state index in [0.717, 1.165) is 28.2 Å². The molecule has 1 aromatic heterocycles. The molecule has 3 rings (SSSR count). The molecular formula is C16H15ClN2.